The molecule has 0 spiro atoms. The number of allylic oxidation sites excluding steroid dienone is 1. The van der Waals surface area contributed by atoms with Crippen molar-refractivity contribution in [2.75, 3.05) is 13.1 Å². The fourth-order valence-corrected chi connectivity index (χ4v) is 2.76. The molecule has 1 aliphatic rings. The van der Waals surface area contributed by atoms with E-state index in [1.54, 1.807) is 24.3 Å². The summed E-state index contributed by atoms with van der Waals surface area (Å²) < 4.78 is 0. The zero-order valence-corrected chi connectivity index (χ0v) is 13.1. The molecule has 1 atom stereocenters. The van der Waals surface area contributed by atoms with E-state index >= 15 is 0 Å². The minimum atomic E-state index is -0.788. The molecule has 0 saturated carbocycles. The molecule has 1 fully saturated rings. The fraction of sp³-hybridized carbons (Fsp3) is 0.412. The zero-order valence-electron chi connectivity index (χ0n) is 12.4. The number of ketones is 1. The van der Waals surface area contributed by atoms with Crippen LogP contribution in [0.3, 0.4) is 0 Å². The molecule has 0 amide bonds. The van der Waals surface area contributed by atoms with Gasteiger partial charge in [-0.25, -0.2) is 0 Å². The second kappa shape index (κ2) is 8.11. The molecule has 1 aromatic rings. The zero-order chi connectivity index (χ0) is 15.9. The van der Waals surface area contributed by atoms with Gasteiger partial charge in [-0.1, -0.05) is 36.2 Å². The number of carbonyl (C=O) groups excluding carboxylic acids is 1. The highest BCUT2D eigenvalue weighted by atomic mass is 35.5. The van der Waals surface area contributed by atoms with E-state index in [2.05, 4.69) is 0 Å². The second-order valence-electron chi connectivity index (χ2n) is 5.49. The molecular weight excluding hydrogens is 302 g/mol. The van der Waals surface area contributed by atoms with Crippen molar-refractivity contribution in [1.29, 1.82) is 0 Å². The lowest BCUT2D eigenvalue weighted by Crippen LogP contribution is -2.45. The van der Waals surface area contributed by atoms with Crippen LogP contribution in [0.1, 0.15) is 31.2 Å². The Bertz CT molecular complexity index is 554. The number of benzene rings is 1. The molecule has 1 saturated heterocycles. The highest BCUT2D eigenvalue weighted by Crippen LogP contribution is 2.17. The third kappa shape index (κ3) is 4.97. The van der Waals surface area contributed by atoms with Crippen LogP contribution >= 0.6 is 11.6 Å². The van der Waals surface area contributed by atoms with Crippen molar-refractivity contribution < 1.29 is 14.7 Å². The predicted molar refractivity (Wildman–Crippen MR) is 87.0 cm³/mol. The van der Waals surface area contributed by atoms with Crippen LogP contribution in [-0.4, -0.2) is 40.9 Å². The standard InChI is InChI=1S/C17H20ClNO3/c18-14-7-4-13(5-8-14)6-9-15(20)10-12-19-11-2-1-3-16(19)17(21)22/h4-9,16H,1-3,10-12H2,(H,21,22). The lowest BCUT2D eigenvalue weighted by Gasteiger charge is -2.32. The lowest BCUT2D eigenvalue weighted by atomic mass is 10.0. The topological polar surface area (TPSA) is 57.6 Å². The summed E-state index contributed by atoms with van der Waals surface area (Å²) in [4.78, 5) is 25.0. The molecule has 0 aliphatic carbocycles. The Labute approximate surface area is 135 Å². The van der Waals surface area contributed by atoms with Gasteiger partial charge < -0.3 is 5.11 Å². The van der Waals surface area contributed by atoms with Gasteiger partial charge in [0, 0.05) is 18.0 Å². The van der Waals surface area contributed by atoms with E-state index in [0.29, 0.717) is 24.4 Å². The molecule has 118 valence electrons. The summed E-state index contributed by atoms with van der Waals surface area (Å²) in [5.74, 6) is -0.784. The highest BCUT2D eigenvalue weighted by Gasteiger charge is 2.27. The maximum Gasteiger partial charge on any atom is 0.320 e. The summed E-state index contributed by atoms with van der Waals surface area (Å²) >= 11 is 5.80. The molecule has 1 aromatic carbocycles. The van der Waals surface area contributed by atoms with E-state index < -0.39 is 12.0 Å². The quantitative estimate of drug-likeness (QED) is 0.817. The molecule has 1 heterocycles. The van der Waals surface area contributed by atoms with E-state index in [1.807, 2.05) is 17.0 Å². The summed E-state index contributed by atoms with van der Waals surface area (Å²) in [6.45, 7) is 1.26. The number of nitrogens with zero attached hydrogens (tertiary/aromatic N) is 1. The van der Waals surface area contributed by atoms with Gasteiger partial charge in [0.05, 0.1) is 0 Å². The largest absolute Gasteiger partial charge is 0.480 e. The minimum absolute atomic E-state index is 0.00432. The van der Waals surface area contributed by atoms with Crippen LogP contribution in [-0.2, 0) is 9.59 Å². The van der Waals surface area contributed by atoms with Crippen LogP contribution in [0.2, 0.25) is 5.02 Å². The summed E-state index contributed by atoms with van der Waals surface area (Å²) in [7, 11) is 0. The summed E-state index contributed by atoms with van der Waals surface area (Å²) in [5.41, 5.74) is 0.916. The Kier molecular flexibility index (Phi) is 6.16. The van der Waals surface area contributed by atoms with Crippen LogP contribution in [0.15, 0.2) is 30.3 Å². The van der Waals surface area contributed by atoms with Gasteiger partial charge in [0.2, 0.25) is 0 Å². The maximum atomic E-state index is 11.9. The SMILES string of the molecule is O=C(C=Cc1ccc(Cl)cc1)CCN1CCCCC1C(=O)O. The molecule has 0 aromatic heterocycles. The number of piperidine rings is 1. The molecule has 4 nitrogen and oxygen atoms in total. The molecule has 1 N–H and O–H groups in total. The maximum absolute atomic E-state index is 11.9. The van der Waals surface area contributed by atoms with Crippen molar-refractivity contribution in [3.8, 4) is 0 Å². The van der Waals surface area contributed by atoms with Gasteiger partial charge in [0.25, 0.3) is 0 Å². The van der Waals surface area contributed by atoms with Gasteiger partial charge >= 0.3 is 5.97 Å². The molecule has 2 rings (SSSR count). The van der Waals surface area contributed by atoms with Crippen LogP contribution in [0, 0.1) is 0 Å². The number of carboxylic acid groups (broad SMARTS) is 1. The Morgan fingerprint density at radius 1 is 1.27 bits per heavy atom. The molecule has 0 radical (unpaired) electrons. The molecule has 22 heavy (non-hydrogen) atoms. The molecule has 0 bridgehead atoms. The molecule has 1 unspecified atom stereocenters. The average molecular weight is 322 g/mol. The number of hydrogen-bond acceptors (Lipinski definition) is 3. The van der Waals surface area contributed by atoms with E-state index in [0.717, 1.165) is 24.9 Å². The van der Waals surface area contributed by atoms with Crippen LogP contribution < -0.4 is 0 Å². The monoisotopic (exact) mass is 321 g/mol. The fourth-order valence-electron chi connectivity index (χ4n) is 2.64. The highest BCUT2D eigenvalue weighted by molar-refractivity contribution is 6.30. The van der Waals surface area contributed by atoms with Gasteiger partial charge in [-0.3, -0.25) is 14.5 Å². The van der Waals surface area contributed by atoms with Crippen molar-refractivity contribution in [2.45, 2.75) is 31.7 Å². The van der Waals surface area contributed by atoms with E-state index in [4.69, 9.17) is 11.6 Å². The first-order valence-corrected chi connectivity index (χ1v) is 7.87. The van der Waals surface area contributed by atoms with Crippen molar-refractivity contribution in [3.63, 3.8) is 0 Å². The number of rotatable bonds is 6. The van der Waals surface area contributed by atoms with Crippen LogP contribution in [0.25, 0.3) is 6.08 Å². The van der Waals surface area contributed by atoms with Crippen molar-refractivity contribution in [1.82, 2.24) is 4.90 Å². The van der Waals surface area contributed by atoms with Crippen LogP contribution in [0.4, 0.5) is 0 Å². The summed E-state index contributed by atoms with van der Waals surface area (Å²) in [6.07, 6.45) is 6.25. The average Bonchev–Trinajstić information content (AvgIpc) is 2.52. The first-order chi connectivity index (χ1) is 10.6. The van der Waals surface area contributed by atoms with E-state index in [9.17, 15) is 14.7 Å². The summed E-state index contributed by atoms with van der Waals surface area (Å²) in [6, 6.07) is 6.80. The first kappa shape index (κ1) is 16.7. The number of carbonyl (C=O) groups is 2. The van der Waals surface area contributed by atoms with Crippen molar-refractivity contribution in [3.05, 3.63) is 40.9 Å². The Morgan fingerprint density at radius 3 is 2.68 bits per heavy atom. The number of halogens is 1. The van der Waals surface area contributed by atoms with Crippen molar-refractivity contribution in [2.24, 2.45) is 0 Å². The van der Waals surface area contributed by atoms with Gasteiger partial charge in [0.15, 0.2) is 5.78 Å². The Morgan fingerprint density at radius 2 is 2.00 bits per heavy atom. The normalized spacial score (nSPS) is 19.4. The number of hydrogen-bond donors (Lipinski definition) is 1. The van der Waals surface area contributed by atoms with Gasteiger partial charge in [-0.2, -0.15) is 0 Å². The molecule has 5 heteroatoms. The third-order valence-electron chi connectivity index (χ3n) is 3.88. The van der Waals surface area contributed by atoms with E-state index in [1.165, 1.54) is 0 Å². The number of likely N-dealkylation sites (tertiary alicyclic amines) is 1. The Hall–Kier alpha value is -1.65. The first-order valence-electron chi connectivity index (χ1n) is 7.49. The number of aliphatic carboxylic acids is 1. The smallest absolute Gasteiger partial charge is 0.320 e. The molecule has 1 aliphatic heterocycles. The van der Waals surface area contributed by atoms with Crippen molar-refractivity contribution >= 4 is 29.4 Å². The van der Waals surface area contributed by atoms with E-state index in [-0.39, 0.29) is 5.78 Å². The van der Waals surface area contributed by atoms with Gasteiger partial charge in [0.1, 0.15) is 6.04 Å². The van der Waals surface area contributed by atoms with Gasteiger partial charge in [-0.05, 0) is 43.2 Å². The third-order valence-corrected chi connectivity index (χ3v) is 4.13. The summed E-state index contributed by atoms with van der Waals surface area (Å²) in [5, 5.41) is 9.86. The minimum Gasteiger partial charge on any atom is -0.480 e. The Balaban J connectivity index is 1.84. The molecular formula is C17H20ClNO3. The second-order valence-corrected chi connectivity index (χ2v) is 5.92. The van der Waals surface area contributed by atoms with Gasteiger partial charge in [-0.15, -0.1) is 0 Å². The van der Waals surface area contributed by atoms with Crippen LogP contribution in [0.5, 0.6) is 0 Å². The number of carboxylic acids is 1. The lowest BCUT2D eigenvalue weighted by molar-refractivity contribution is -0.144. The predicted octanol–water partition coefficient (Wildman–Crippen LogP) is 3.25.